The molecule has 0 fully saturated rings. The van der Waals surface area contributed by atoms with Gasteiger partial charge in [-0.25, -0.2) is 9.59 Å². The highest BCUT2D eigenvalue weighted by molar-refractivity contribution is 5.68. The fraction of sp³-hybridized carbons (Fsp3) is 0.867. The van der Waals surface area contributed by atoms with Crippen molar-refractivity contribution in [2.75, 3.05) is 19.6 Å². The summed E-state index contributed by atoms with van der Waals surface area (Å²) in [5, 5.41) is 26.8. The maximum atomic E-state index is 11.4. The first kappa shape index (κ1) is 22.4. The predicted octanol–water partition coefficient (Wildman–Crippen LogP) is 0.305. The van der Waals surface area contributed by atoms with E-state index in [-0.39, 0.29) is 19.6 Å². The molecule has 9 heteroatoms. The summed E-state index contributed by atoms with van der Waals surface area (Å²) in [7, 11) is 0. The smallest absolute Gasteiger partial charge is 0.409 e. The Morgan fingerprint density at radius 1 is 0.875 bits per heavy atom. The minimum absolute atomic E-state index is 0.00248. The molecule has 0 rings (SSSR count). The van der Waals surface area contributed by atoms with Crippen molar-refractivity contribution in [3.05, 3.63) is 0 Å². The molecule has 2 unspecified atom stereocenters. The third-order valence-electron chi connectivity index (χ3n) is 2.28. The summed E-state index contributed by atoms with van der Waals surface area (Å²) in [6.45, 7) is 10.5. The van der Waals surface area contributed by atoms with Crippen molar-refractivity contribution in [2.45, 2.75) is 65.1 Å². The Bertz CT molecular complexity index is 403. The largest absolute Gasteiger partial charge is 0.444 e. The molecule has 2 atom stereocenters. The highest BCUT2D eigenvalue weighted by atomic mass is 16.6. The third kappa shape index (κ3) is 14.0. The van der Waals surface area contributed by atoms with Crippen LogP contribution in [0, 0.1) is 0 Å². The van der Waals surface area contributed by atoms with E-state index in [2.05, 4.69) is 16.0 Å². The fourth-order valence-corrected chi connectivity index (χ4v) is 1.47. The Morgan fingerprint density at radius 2 is 1.38 bits per heavy atom. The van der Waals surface area contributed by atoms with Gasteiger partial charge in [0.1, 0.15) is 17.4 Å². The summed E-state index contributed by atoms with van der Waals surface area (Å²) >= 11 is 0. The van der Waals surface area contributed by atoms with Crippen LogP contribution in [0.2, 0.25) is 0 Å². The average molecular weight is 349 g/mol. The average Bonchev–Trinajstić information content (AvgIpc) is 2.31. The second-order valence-electron chi connectivity index (χ2n) is 7.36. The van der Waals surface area contributed by atoms with Crippen molar-refractivity contribution >= 4 is 12.2 Å². The van der Waals surface area contributed by atoms with Gasteiger partial charge in [0, 0.05) is 19.6 Å². The topological polar surface area (TPSA) is 129 Å². The zero-order valence-electron chi connectivity index (χ0n) is 15.3. The van der Waals surface area contributed by atoms with Crippen molar-refractivity contribution in [1.82, 2.24) is 16.0 Å². The molecule has 0 bridgehead atoms. The lowest BCUT2D eigenvalue weighted by Gasteiger charge is -2.22. The van der Waals surface area contributed by atoms with Crippen LogP contribution < -0.4 is 16.0 Å². The Kier molecular flexibility index (Phi) is 9.02. The number of aliphatic hydroxyl groups is 2. The molecule has 0 aromatic carbocycles. The number of aliphatic hydroxyl groups excluding tert-OH is 2. The molecule has 5 N–H and O–H groups in total. The molecular weight excluding hydrogens is 318 g/mol. The van der Waals surface area contributed by atoms with Gasteiger partial charge in [0.05, 0.1) is 6.10 Å². The van der Waals surface area contributed by atoms with Crippen LogP contribution in [0.15, 0.2) is 0 Å². The first-order valence-electron chi connectivity index (χ1n) is 7.82. The van der Waals surface area contributed by atoms with Crippen LogP contribution in [-0.2, 0) is 9.47 Å². The molecule has 0 radical (unpaired) electrons. The van der Waals surface area contributed by atoms with E-state index in [1.807, 2.05) is 0 Å². The van der Waals surface area contributed by atoms with Gasteiger partial charge >= 0.3 is 12.2 Å². The number of nitrogens with one attached hydrogen (secondary N) is 3. The van der Waals surface area contributed by atoms with Crippen LogP contribution in [0.4, 0.5) is 9.59 Å². The van der Waals surface area contributed by atoms with Crippen molar-refractivity contribution in [2.24, 2.45) is 0 Å². The maximum absolute atomic E-state index is 11.4. The van der Waals surface area contributed by atoms with Crippen molar-refractivity contribution in [1.29, 1.82) is 0 Å². The fourth-order valence-electron chi connectivity index (χ4n) is 1.47. The molecule has 0 aliphatic carbocycles. The SMILES string of the molecule is CC(C)(C)OC(=O)NCC(O)CNCC(O)NC(=O)OC(C)(C)C. The quantitative estimate of drug-likeness (QED) is 0.418. The molecular formula is C15H31N3O6. The summed E-state index contributed by atoms with van der Waals surface area (Å²) < 4.78 is 10.0. The van der Waals surface area contributed by atoms with Gasteiger partial charge in [-0.3, -0.25) is 5.32 Å². The minimum atomic E-state index is -1.16. The van der Waals surface area contributed by atoms with Gasteiger partial charge in [-0.1, -0.05) is 0 Å². The Balaban J connectivity index is 3.86. The van der Waals surface area contributed by atoms with Crippen LogP contribution in [0.3, 0.4) is 0 Å². The van der Waals surface area contributed by atoms with Crippen LogP contribution in [-0.4, -0.2) is 65.6 Å². The molecule has 0 saturated carbocycles. The number of hydrogen-bond acceptors (Lipinski definition) is 7. The molecule has 0 aliphatic rings. The lowest BCUT2D eigenvalue weighted by molar-refractivity contribution is 0.0348. The molecule has 0 saturated heterocycles. The Morgan fingerprint density at radius 3 is 1.88 bits per heavy atom. The van der Waals surface area contributed by atoms with E-state index >= 15 is 0 Å². The monoisotopic (exact) mass is 349 g/mol. The predicted molar refractivity (Wildman–Crippen MR) is 88.5 cm³/mol. The molecule has 0 heterocycles. The summed E-state index contributed by atoms with van der Waals surface area (Å²) in [6, 6.07) is 0. The molecule has 0 aliphatic heterocycles. The molecule has 2 amide bonds. The summed E-state index contributed by atoms with van der Waals surface area (Å²) in [6.07, 6.45) is -3.38. The first-order chi connectivity index (χ1) is 10.8. The standard InChI is InChI=1S/C15H31N3O6/c1-14(2,3)23-12(21)17-8-10(19)7-16-9-11(20)18-13(22)24-15(4,5)6/h10-11,16,19-20H,7-9H2,1-6H3,(H,17,21)(H,18,22). The molecule has 0 aromatic heterocycles. The second kappa shape index (κ2) is 9.65. The zero-order chi connectivity index (χ0) is 19.0. The van der Waals surface area contributed by atoms with E-state index in [0.717, 1.165) is 0 Å². The lowest BCUT2D eigenvalue weighted by atomic mass is 10.2. The van der Waals surface area contributed by atoms with E-state index in [1.54, 1.807) is 41.5 Å². The van der Waals surface area contributed by atoms with Gasteiger partial charge in [-0.05, 0) is 41.5 Å². The van der Waals surface area contributed by atoms with Crippen LogP contribution in [0.5, 0.6) is 0 Å². The third-order valence-corrected chi connectivity index (χ3v) is 2.28. The molecule has 0 spiro atoms. The zero-order valence-corrected chi connectivity index (χ0v) is 15.3. The van der Waals surface area contributed by atoms with Crippen LogP contribution in [0.25, 0.3) is 0 Å². The molecule has 142 valence electrons. The summed E-state index contributed by atoms with van der Waals surface area (Å²) in [5.74, 6) is 0. The lowest BCUT2D eigenvalue weighted by Crippen LogP contribution is -2.46. The van der Waals surface area contributed by atoms with Gasteiger partial charge < -0.3 is 30.3 Å². The van der Waals surface area contributed by atoms with Crippen molar-refractivity contribution < 1.29 is 29.3 Å². The molecule has 24 heavy (non-hydrogen) atoms. The van der Waals surface area contributed by atoms with E-state index in [0.29, 0.717) is 0 Å². The van der Waals surface area contributed by atoms with E-state index in [1.165, 1.54) is 0 Å². The Labute approximate surface area is 143 Å². The maximum Gasteiger partial charge on any atom is 0.409 e. The number of ether oxygens (including phenoxy) is 2. The highest BCUT2D eigenvalue weighted by Crippen LogP contribution is 2.07. The van der Waals surface area contributed by atoms with Crippen molar-refractivity contribution in [3.63, 3.8) is 0 Å². The van der Waals surface area contributed by atoms with Gasteiger partial charge in [-0.2, -0.15) is 0 Å². The number of hydrogen-bond donors (Lipinski definition) is 5. The van der Waals surface area contributed by atoms with E-state index in [9.17, 15) is 19.8 Å². The van der Waals surface area contributed by atoms with E-state index < -0.39 is 35.7 Å². The number of amides is 2. The van der Waals surface area contributed by atoms with Crippen LogP contribution in [0.1, 0.15) is 41.5 Å². The number of rotatable bonds is 7. The number of carbonyl (C=O) groups is 2. The summed E-state index contributed by atoms with van der Waals surface area (Å²) in [4.78, 5) is 22.8. The first-order valence-corrected chi connectivity index (χ1v) is 7.82. The van der Waals surface area contributed by atoms with Gasteiger partial charge in [0.15, 0.2) is 0 Å². The van der Waals surface area contributed by atoms with Gasteiger partial charge in [-0.15, -0.1) is 0 Å². The molecule has 9 nitrogen and oxygen atoms in total. The van der Waals surface area contributed by atoms with Crippen LogP contribution >= 0.6 is 0 Å². The van der Waals surface area contributed by atoms with Crippen molar-refractivity contribution in [3.8, 4) is 0 Å². The van der Waals surface area contributed by atoms with Gasteiger partial charge in [0.2, 0.25) is 0 Å². The minimum Gasteiger partial charge on any atom is -0.444 e. The second-order valence-corrected chi connectivity index (χ2v) is 7.36. The number of alkyl carbamates (subject to hydrolysis) is 2. The Hall–Kier alpha value is -1.58. The summed E-state index contributed by atoms with van der Waals surface area (Å²) in [5.41, 5.74) is -1.26. The van der Waals surface area contributed by atoms with E-state index in [4.69, 9.17) is 9.47 Å². The number of carbonyl (C=O) groups excluding carboxylic acids is 2. The highest BCUT2D eigenvalue weighted by Gasteiger charge is 2.19. The normalized spacial score (nSPS) is 14.5. The van der Waals surface area contributed by atoms with Gasteiger partial charge in [0.25, 0.3) is 0 Å². The molecule has 0 aromatic rings.